The Morgan fingerprint density at radius 2 is 1.46 bits per heavy atom. The fourth-order valence-electron chi connectivity index (χ4n) is 3.36. The largest absolute Gasteiger partial charge is 0.519 e. The molecule has 1 heterocycles. The van der Waals surface area contributed by atoms with E-state index in [1.165, 1.54) is 0 Å². The first-order valence-corrected chi connectivity index (χ1v) is 11.2. The van der Waals surface area contributed by atoms with Crippen LogP contribution < -0.4 is 0 Å². The molecule has 0 amide bonds. The van der Waals surface area contributed by atoms with Crippen molar-refractivity contribution in [3.8, 4) is 0 Å². The van der Waals surface area contributed by atoms with E-state index in [1.54, 1.807) is 6.92 Å². The molecule has 1 aliphatic heterocycles. The molecule has 1 rings (SSSR count). The minimum Gasteiger partial charge on any atom is -0.373 e. The molecule has 142 valence electrons. The van der Waals surface area contributed by atoms with Gasteiger partial charge in [-0.15, -0.1) is 0 Å². The summed E-state index contributed by atoms with van der Waals surface area (Å²) in [4.78, 5) is 16.0. The van der Waals surface area contributed by atoms with Crippen LogP contribution in [0.3, 0.4) is 0 Å². The highest BCUT2D eigenvalue weighted by molar-refractivity contribution is 6.62. The minimum absolute atomic E-state index is 0.201. The maximum atomic E-state index is 11.2. The third-order valence-electron chi connectivity index (χ3n) is 4.46. The second-order valence-corrected chi connectivity index (χ2v) is 8.90. The summed E-state index contributed by atoms with van der Waals surface area (Å²) in [6.07, 6.45) is 1.60. The van der Waals surface area contributed by atoms with Gasteiger partial charge in [0.1, 0.15) is 5.78 Å². The molecule has 0 spiro atoms. The lowest BCUT2D eigenvalue weighted by molar-refractivity contribution is -0.117. The molecular formula is C17H36N2O4Si. The van der Waals surface area contributed by atoms with Gasteiger partial charge in [-0.3, -0.25) is 9.69 Å². The summed E-state index contributed by atoms with van der Waals surface area (Å²) in [7, 11) is -2.72. The summed E-state index contributed by atoms with van der Waals surface area (Å²) >= 11 is 0. The second kappa shape index (κ2) is 11.3. The maximum absolute atomic E-state index is 11.2. The van der Waals surface area contributed by atoms with Gasteiger partial charge in [-0.2, -0.15) is 0 Å². The monoisotopic (exact) mass is 360 g/mol. The maximum Gasteiger partial charge on any atom is 0.519 e. The number of hydrogen-bond acceptors (Lipinski definition) is 6. The van der Waals surface area contributed by atoms with Gasteiger partial charge >= 0.3 is 8.80 Å². The molecule has 1 fully saturated rings. The van der Waals surface area contributed by atoms with Crippen molar-refractivity contribution in [1.29, 1.82) is 0 Å². The van der Waals surface area contributed by atoms with Crippen molar-refractivity contribution in [3.63, 3.8) is 0 Å². The molecule has 1 saturated heterocycles. The summed E-state index contributed by atoms with van der Waals surface area (Å²) in [5.74, 6) is 0.263. The zero-order chi connectivity index (χ0) is 18.0. The van der Waals surface area contributed by atoms with Crippen molar-refractivity contribution >= 4 is 14.6 Å². The van der Waals surface area contributed by atoms with Crippen molar-refractivity contribution in [3.05, 3.63) is 0 Å². The highest BCUT2D eigenvalue weighted by Crippen LogP contribution is 2.24. The van der Waals surface area contributed by atoms with E-state index in [9.17, 15) is 4.79 Å². The molecule has 0 aliphatic carbocycles. The number of piperazine rings is 1. The predicted octanol–water partition coefficient (Wildman–Crippen LogP) is 1.95. The lowest BCUT2D eigenvalue weighted by Crippen LogP contribution is -2.65. The third-order valence-corrected chi connectivity index (χ3v) is 8.12. The summed E-state index contributed by atoms with van der Waals surface area (Å²) < 4.78 is 18.4. The normalized spacial score (nSPS) is 18.7. The van der Waals surface area contributed by atoms with Crippen LogP contribution in [-0.4, -0.2) is 82.6 Å². The molecule has 1 atom stereocenters. The summed E-state index contributed by atoms with van der Waals surface area (Å²) in [5.41, 5.74) is 0.201. The Labute approximate surface area is 148 Å². The predicted molar refractivity (Wildman–Crippen MR) is 98.0 cm³/mol. The van der Waals surface area contributed by atoms with E-state index in [0.717, 1.165) is 39.1 Å². The number of carbonyl (C=O) groups is 1. The second-order valence-electron chi connectivity index (χ2n) is 6.16. The molecule has 0 N–H and O–H groups in total. The average molecular weight is 361 g/mol. The lowest BCUT2D eigenvalue weighted by atomic mass is 10.2. The van der Waals surface area contributed by atoms with Crippen molar-refractivity contribution < 1.29 is 18.1 Å². The average Bonchev–Trinajstić information content (AvgIpc) is 2.55. The zero-order valence-electron chi connectivity index (χ0n) is 16.2. The van der Waals surface area contributed by atoms with E-state index in [1.807, 2.05) is 20.8 Å². The Balaban J connectivity index is 2.74. The molecule has 0 radical (unpaired) electrons. The van der Waals surface area contributed by atoms with Crippen molar-refractivity contribution in [1.82, 2.24) is 9.80 Å². The molecule has 0 aromatic heterocycles. The molecule has 1 aliphatic rings. The molecule has 0 aromatic rings. The van der Waals surface area contributed by atoms with Gasteiger partial charge < -0.3 is 18.2 Å². The summed E-state index contributed by atoms with van der Waals surface area (Å²) in [5, 5.41) is 0. The van der Waals surface area contributed by atoms with Crippen LogP contribution in [0, 0.1) is 0 Å². The van der Waals surface area contributed by atoms with Crippen LogP contribution in [0.4, 0.5) is 0 Å². The number of carbonyl (C=O) groups excluding carboxylic acids is 1. The van der Waals surface area contributed by atoms with Crippen LogP contribution in [0.5, 0.6) is 0 Å². The Kier molecular flexibility index (Phi) is 10.3. The molecule has 6 nitrogen and oxygen atoms in total. The molecule has 0 saturated carbocycles. The van der Waals surface area contributed by atoms with Gasteiger partial charge in [0.15, 0.2) is 0 Å². The first-order chi connectivity index (χ1) is 11.5. The first-order valence-electron chi connectivity index (χ1n) is 9.40. The number of hydrogen-bond donors (Lipinski definition) is 0. The molecular weight excluding hydrogens is 324 g/mol. The Hall–Kier alpha value is -0.313. The Bertz CT molecular complexity index is 345. The van der Waals surface area contributed by atoms with Crippen molar-refractivity contribution in [2.45, 2.75) is 53.1 Å². The van der Waals surface area contributed by atoms with Crippen LogP contribution in [-0.2, 0) is 18.1 Å². The zero-order valence-corrected chi connectivity index (χ0v) is 17.2. The Morgan fingerprint density at radius 1 is 0.958 bits per heavy atom. The standard InChI is InChI=1S/C17H36N2O4Si/c1-6-17(24(21-7-2,22-8-3)23-9-4)19-14-12-18(13-15-19)11-10-16(5)20/h17H,6-15H2,1-5H3. The minimum atomic E-state index is -2.72. The van der Waals surface area contributed by atoms with E-state index in [4.69, 9.17) is 13.3 Å². The van der Waals surface area contributed by atoms with E-state index in [-0.39, 0.29) is 11.4 Å². The first kappa shape index (κ1) is 21.7. The summed E-state index contributed by atoms with van der Waals surface area (Å²) in [6, 6.07) is 0. The molecule has 24 heavy (non-hydrogen) atoms. The van der Waals surface area contributed by atoms with E-state index in [0.29, 0.717) is 26.2 Å². The van der Waals surface area contributed by atoms with Gasteiger partial charge in [0.2, 0.25) is 0 Å². The van der Waals surface area contributed by atoms with Crippen LogP contribution in [0.15, 0.2) is 0 Å². The van der Waals surface area contributed by atoms with Crippen LogP contribution in [0.1, 0.15) is 47.5 Å². The smallest absolute Gasteiger partial charge is 0.373 e. The molecule has 1 unspecified atom stereocenters. The molecule has 0 aromatic carbocycles. The lowest BCUT2D eigenvalue weighted by Gasteiger charge is -2.44. The highest BCUT2D eigenvalue weighted by atomic mass is 28.4. The van der Waals surface area contributed by atoms with E-state index >= 15 is 0 Å². The van der Waals surface area contributed by atoms with Gasteiger partial charge in [0.05, 0.1) is 5.67 Å². The number of rotatable bonds is 12. The van der Waals surface area contributed by atoms with Crippen molar-refractivity contribution in [2.75, 3.05) is 52.5 Å². The summed E-state index contributed by atoms with van der Waals surface area (Å²) in [6.45, 7) is 16.5. The fraction of sp³-hybridized carbons (Fsp3) is 0.941. The quantitative estimate of drug-likeness (QED) is 0.496. The van der Waals surface area contributed by atoms with Crippen LogP contribution >= 0.6 is 0 Å². The van der Waals surface area contributed by atoms with E-state index in [2.05, 4.69) is 16.7 Å². The highest BCUT2D eigenvalue weighted by Gasteiger charge is 2.51. The van der Waals surface area contributed by atoms with Gasteiger partial charge in [-0.1, -0.05) is 6.92 Å². The Morgan fingerprint density at radius 3 is 1.83 bits per heavy atom. The van der Waals surface area contributed by atoms with Gasteiger partial charge in [-0.05, 0) is 34.1 Å². The van der Waals surface area contributed by atoms with Crippen molar-refractivity contribution in [2.24, 2.45) is 0 Å². The number of ketones is 1. The topological polar surface area (TPSA) is 51.2 Å². The van der Waals surface area contributed by atoms with Gasteiger partial charge in [-0.25, -0.2) is 0 Å². The third kappa shape index (κ3) is 6.20. The van der Waals surface area contributed by atoms with E-state index < -0.39 is 8.80 Å². The fourth-order valence-corrected chi connectivity index (χ4v) is 6.60. The van der Waals surface area contributed by atoms with Gasteiger partial charge in [0, 0.05) is 59.0 Å². The SMILES string of the molecule is CCO[Si](OCC)(OCC)C(CC)N1CCN(CCC(C)=O)CC1. The van der Waals surface area contributed by atoms with Crippen LogP contribution in [0.2, 0.25) is 0 Å². The molecule has 7 heteroatoms. The molecule has 0 bridgehead atoms. The number of nitrogens with zero attached hydrogens (tertiary/aromatic N) is 2. The van der Waals surface area contributed by atoms with Gasteiger partial charge in [0.25, 0.3) is 0 Å². The van der Waals surface area contributed by atoms with Crippen LogP contribution in [0.25, 0.3) is 0 Å². The number of Topliss-reactive ketones (excluding diaryl/α,β-unsaturated/α-hetero) is 1.